The number of halogens is 2. The molecule has 0 aliphatic carbocycles. The summed E-state index contributed by atoms with van der Waals surface area (Å²) in [4.78, 5) is 2.21. The van der Waals surface area contributed by atoms with Gasteiger partial charge in [0, 0.05) is 23.8 Å². The third-order valence-corrected chi connectivity index (χ3v) is 3.14. The molecule has 1 aliphatic heterocycles. The first-order valence-corrected chi connectivity index (χ1v) is 5.77. The largest absolute Gasteiger partial charge is 0.369 e. The molecule has 0 atom stereocenters. The predicted molar refractivity (Wildman–Crippen MR) is 62.2 cm³/mol. The topological polar surface area (TPSA) is 3.24 Å². The summed E-state index contributed by atoms with van der Waals surface area (Å²) in [5.74, 6) is 0. The van der Waals surface area contributed by atoms with Crippen LogP contribution in [0.15, 0.2) is 18.2 Å². The number of alkyl halides is 2. The molecular formula is C13H17F2N. The molecule has 0 amide bonds. The number of rotatable bonds is 2. The Morgan fingerprint density at radius 2 is 2.00 bits per heavy atom. The van der Waals surface area contributed by atoms with Crippen molar-refractivity contribution in [2.75, 3.05) is 11.4 Å². The highest BCUT2D eigenvalue weighted by Gasteiger charge is 2.20. The Bertz CT molecular complexity index is 374. The summed E-state index contributed by atoms with van der Waals surface area (Å²) >= 11 is 0. The highest BCUT2D eigenvalue weighted by atomic mass is 19.3. The van der Waals surface area contributed by atoms with E-state index in [-0.39, 0.29) is 5.56 Å². The van der Waals surface area contributed by atoms with E-state index >= 15 is 0 Å². The highest BCUT2D eigenvalue weighted by Crippen LogP contribution is 2.32. The maximum absolute atomic E-state index is 12.6. The smallest absolute Gasteiger partial charge is 0.263 e. The lowest BCUT2D eigenvalue weighted by atomic mass is 9.98. The molecule has 0 spiro atoms. The fourth-order valence-corrected chi connectivity index (χ4v) is 2.29. The Morgan fingerprint density at radius 1 is 1.25 bits per heavy atom. The first-order valence-electron chi connectivity index (χ1n) is 5.77. The van der Waals surface area contributed by atoms with Crippen LogP contribution < -0.4 is 4.90 Å². The summed E-state index contributed by atoms with van der Waals surface area (Å²) < 4.78 is 25.3. The zero-order valence-corrected chi connectivity index (χ0v) is 9.71. The van der Waals surface area contributed by atoms with Gasteiger partial charge in [0.05, 0.1) is 0 Å². The lowest BCUT2D eigenvalue weighted by Crippen LogP contribution is -2.35. The van der Waals surface area contributed by atoms with Gasteiger partial charge in [-0.1, -0.05) is 12.1 Å². The van der Waals surface area contributed by atoms with Crippen LogP contribution in [-0.4, -0.2) is 12.6 Å². The number of hydrogen-bond acceptors (Lipinski definition) is 1. The molecule has 3 heteroatoms. The van der Waals surface area contributed by atoms with Crippen LogP contribution in [0.2, 0.25) is 0 Å². The molecule has 1 aliphatic rings. The van der Waals surface area contributed by atoms with E-state index in [1.165, 1.54) is 5.56 Å². The van der Waals surface area contributed by atoms with Gasteiger partial charge < -0.3 is 4.90 Å². The molecule has 1 aromatic rings. The number of aryl methyl sites for hydroxylation is 1. The molecule has 0 saturated carbocycles. The van der Waals surface area contributed by atoms with Crippen LogP contribution >= 0.6 is 0 Å². The zero-order chi connectivity index (χ0) is 11.7. The third kappa shape index (κ3) is 2.04. The van der Waals surface area contributed by atoms with E-state index in [9.17, 15) is 8.78 Å². The minimum atomic E-state index is -2.37. The van der Waals surface area contributed by atoms with E-state index in [1.807, 2.05) is 6.07 Å². The molecule has 0 radical (unpaired) electrons. The number of benzene rings is 1. The summed E-state index contributed by atoms with van der Waals surface area (Å²) in [6.07, 6.45) is -0.261. The normalized spacial score (nSPS) is 15.8. The van der Waals surface area contributed by atoms with Crippen LogP contribution in [-0.2, 0) is 6.42 Å². The van der Waals surface area contributed by atoms with Crippen molar-refractivity contribution in [1.29, 1.82) is 0 Å². The van der Waals surface area contributed by atoms with E-state index < -0.39 is 6.43 Å². The van der Waals surface area contributed by atoms with Gasteiger partial charge in [0.25, 0.3) is 6.43 Å². The molecule has 88 valence electrons. The van der Waals surface area contributed by atoms with Gasteiger partial charge in [0.1, 0.15) is 0 Å². The van der Waals surface area contributed by atoms with Crippen molar-refractivity contribution in [1.82, 2.24) is 0 Å². The van der Waals surface area contributed by atoms with Crippen molar-refractivity contribution < 1.29 is 8.78 Å². The fourth-order valence-electron chi connectivity index (χ4n) is 2.29. The van der Waals surface area contributed by atoms with Crippen molar-refractivity contribution in [3.05, 3.63) is 29.3 Å². The standard InChI is InChI=1S/C13H17F2N/c1-9(2)16-7-3-4-10-5-6-11(13(14)15)8-12(10)16/h5-6,8-9,13H,3-4,7H2,1-2H3. The number of nitrogens with zero attached hydrogens (tertiary/aromatic N) is 1. The minimum absolute atomic E-state index is 0.131. The SMILES string of the molecule is CC(C)N1CCCc2ccc(C(F)F)cc21. The van der Waals surface area contributed by atoms with Gasteiger partial charge in [-0.3, -0.25) is 0 Å². The first-order chi connectivity index (χ1) is 7.59. The van der Waals surface area contributed by atoms with Gasteiger partial charge in [-0.05, 0) is 38.3 Å². The summed E-state index contributed by atoms with van der Waals surface area (Å²) in [6.45, 7) is 5.17. The van der Waals surface area contributed by atoms with Crippen LogP contribution in [0.5, 0.6) is 0 Å². The van der Waals surface area contributed by atoms with E-state index in [1.54, 1.807) is 12.1 Å². The molecule has 0 bridgehead atoms. The molecule has 1 nitrogen and oxygen atoms in total. The number of anilines is 1. The second-order valence-electron chi connectivity index (χ2n) is 4.58. The highest BCUT2D eigenvalue weighted by molar-refractivity contribution is 5.58. The zero-order valence-electron chi connectivity index (χ0n) is 9.71. The summed E-state index contributed by atoms with van der Waals surface area (Å²) in [5, 5.41) is 0. The fraction of sp³-hybridized carbons (Fsp3) is 0.538. The van der Waals surface area contributed by atoms with Crippen molar-refractivity contribution in [3.8, 4) is 0 Å². The minimum Gasteiger partial charge on any atom is -0.369 e. The molecule has 0 unspecified atom stereocenters. The molecule has 0 saturated heterocycles. The van der Waals surface area contributed by atoms with Crippen LogP contribution in [0, 0.1) is 0 Å². The van der Waals surface area contributed by atoms with Gasteiger partial charge in [0.2, 0.25) is 0 Å². The Morgan fingerprint density at radius 3 is 2.62 bits per heavy atom. The first kappa shape index (κ1) is 11.4. The number of fused-ring (bicyclic) bond motifs is 1. The maximum atomic E-state index is 12.6. The van der Waals surface area contributed by atoms with Crippen LogP contribution in [0.25, 0.3) is 0 Å². The second kappa shape index (κ2) is 4.40. The summed E-state index contributed by atoms with van der Waals surface area (Å²) in [5.41, 5.74) is 2.33. The van der Waals surface area contributed by atoms with E-state index in [0.29, 0.717) is 6.04 Å². The van der Waals surface area contributed by atoms with Gasteiger partial charge >= 0.3 is 0 Å². The monoisotopic (exact) mass is 225 g/mol. The van der Waals surface area contributed by atoms with Gasteiger partial charge in [0.15, 0.2) is 0 Å². The number of hydrogen-bond donors (Lipinski definition) is 0. The molecule has 2 rings (SSSR count). The molecule has 1 heterocycles. The molecule has 16 heavy (non-hydrogen) atoms. The summed E-state index contributed by atoms with van der Waals surface area (Å²) in [6, 6.07) is 5.42. The Hall–Kier alpha value is -1.12. The Labute approximate surface area is 95.1 Å². The van der Waals surface area contributed by atoms with Gasteiger partial charge in [-0.15, -0.1) is 0 Å². The molecule has 1 aromatic carbocycles. The lowest BCUT2D eigenvalue weighted by Gasteiger charge is -2.35. The summed E-state index contributed by atoms with van der Waals surface area (Å²) in [7, 11) is 0. The van der Waals surface area contributed by atoms with Crippen molar-refractivity contribution >= 4 is 5.69 Å². The van der Waals surface area contributed by atoms with Crippen LogP contribution in [0.3, 0.4) is 0 Å². The maximum Gasteiger partial charge on any atom is 0.263 e. The molecule has 0 fully saturated rings. The average Bonchev–Trinajstić information content (AvgIpc) is 2.27. The van der Waals surface area contributed by atoms with Crippen molar-refractivity contribution in [2.24, 2.45) is 0 Å². The Kier molecular flexibility index (Phi) is 3.13. The quantitative estimate of drug-likeness (QED) is 0.740. The molecule has 0 aromatic heterocycles. The lowest BCUT2D eigenvalue weighted by molar-refractivity contribution is 0.151. The van der Waals surface area contributed by atoms with Crippen LogP contribution in [0.1, 0.15) is 37.8 Å². The molecular weight excluding hydrogens is 208 g/mol. The van der Waals surface area contributed by atoms with E-state index in [0.717, 1.165) is 25.1 Å². The van der Waals surface area contributed by atoms with E-state index in [4.69, 9.17) is 0 Å². The van der Waals surface area contributed by atoms with Gasteiger partial charge in [-0.25, -0.2) is 8.78 Å². The third-order valence-electron chi connectivity index (χ3n) is 3.14. The van der Waals surface area contributed by atoms with E-state index in [2.05, 4.69) is 18.7 Å². The van der Waals surface area contributed by atoms with Crippen molar-refractivity contribution in [2.45, 2.75) is 39.2 Å². The Balaban J connectivity index is 2.40. The van der Waals surface area contributed by atoms with Crippen molar-refractivity contribution in [3.63, 3.8) is 0 Å². The average molecular weight is 225 g/mol. The second-order valence-corrected chi connectivity index (χ2v) is 4.58. The van der Waals surface area contributed by atoms with Gasteiger partial charge in [-0.2, -0.15) is 0 Å². The predicted octanol–water partition coefficient (Wildman–Crippen LogP) is 3.79. The molecule has 0 N–H and O–H groups in total. The van der Waals surface area contributed by atoms with Crippen LogP contribution in [0.4, 0.5) is 14.5 Å².